The zero-order chi connectivity index (χ0) is 24.7. The fourth-order valence-corrected chi connectivity index (χ4v) is 5.05. The summed E-state index contributed by atoms with van der Waals surface area (Å²) in [5, 5.41) is 3.50. The molecule has 0 aliphatic carbocycles. The molecule has 0 atom stereocenters. The summed E-state index contributed by atoms with van der Waals surface area (Å²) in [6.45, 7) is 8.43. The molecule has 0 aliphatic heterocycles. The number of carbonyl (C=O) groups excluding carboxylic acids is 1. The number of para-hydroxylation sites is 2. The third-order valence-electron chi connectivity index (χ3n) is 5.85. The van der Waals surface area contributed by atoms with Gasteiger partial charge in [0, 0.05) is 22.3 Å². The molecule has 0 unspecified atom stereocenters. The molecule has 176 valence electrons. The van der Waals surface area contributed by atoms with Crippen molar-refractivity contribution in [3.05, 3.63) is 82.4 Å². The number of fused-ring (bicyclic) bond motifs is 1. The summed E-state index contributed by atoms with van der Waals surface area (Å²) in [6, 6.07) is 18.0. The maximum atomic E-state index is 12.3. The Labute approximate surface area is 207 Å². The van der Waals surface area contributed by atoms with Gasteiger partial charge in [0.2, 0.25) is 5.95 Å². The Kier molecular flexibility index (Phi) is 5.61. The van der Waals surface area contributed by atoms with E-state index >= 15 is 0 Å². The lowest BCUT2D eigenvalue weighted by Gasteiger charge is -2.15. The third kappa shape index (κ3) is 4.28. The van der Waals surface area contributed by atoms with Gasteiger partial charge in [-0.3, -0.25) is 9.36 Å². The number of hydrogen-bond donors (Lipinski definition) is 2. The van der Waals surface area contributed by atoms with E-state index in [1.54, 1.807) is 6.20 Å². The number of hydrogen-bond acceptors (Lipinski definition) is 6. The monoisotopic (exact) mass is 482 g/mol. The van der Waals surface area contributed by atoms with Crippen LogP contribution in [0.15, 0.2) is 67.1 Å². The number of anilines is 2. The summed E-state index contributed by atoms with van der Waals surface area (Å²) in [7, 11) is 0. The van der Waals surface area contributed by atoms with Crippen LogP contribution in [-0.4, -0.2) is 25.4 Å². The molecular formula is C27H26N6OS. The van der Waals surface area contributed by atoms with Gasteiger partial charge in [-0.05, 0) is 53.8 Å². The first-order valence-corrected chi connectivity index (χ1v) is 12.1. The maximum Gasteiger partial charge on any atom is 0.259 e. The highest BCUT2D eigenvalue weighted by Crippen LogP contribution is 2.39. The number of rotatable bonds is 5. The molecule has 2 aromatic carbocycles. The first kappa shape index (κ1) is 22.7. The molecule has 8 heteroatoms. The molecule has 1 amide bonds. The van der Waals surface area contributed by atoms with Crippen LogP contribution in [0.2, 0.25) is 0 Å². The van der Waals surface area contributed by atoms with E-state index in [0.717, 1.165) is 38.3 Å². The molecule has 5 aromatic rings. The number of nitrogens with one attached hydrogen (secondary N) is 1. The van der Waals surface area contributed by atoms with Crippen LogP contribution in [0.1, 0.15) is 40.9 Å². The Bertz CT molecular complexity index is 1550. The van der Waals surface area contributed by atoms with Crippen molar-refractivity contribution in [1.82, 2.24) is 19.5 Å². The quantitative estimate of drug-likeness (QED) is 0.320. The van der Waals surface area contributed by atoms with E-state index in [-0.39, 0.29) is 5.41 Å². The Morgan fingerprint density at radius 1 is 1.09 bits per heavy atom. The van der Waals surface area contributed by atoms with E-state index in [9.17, 15) is 4.79 Å². The number of benzene rings is 2. The van der Waals surface area contributed by atoms with Gasteiger partial charge in [-0.15, -0.1) is 11.3 Å². The molecule has 5 rings (SSSR count). The topological polar surface area (TPSA) is 98.7 Å². The minimum atomic E-state index is -0.416. The molecule has 0 spiro atoms. The number of amides is 1. The van der Waals surface area contributed by atoms with Crippen LogP contribution in [0, 0.1) is 6.92 Å². The van der Waals surface area contributed by atoms with Gasteiger partial charge in [0.1, 0.15) is 12.1 Å². The molecule has 0 saturated heterocycles. The van der Waals surface area contributed by atoms with Crippen molar-refractivity contribution >= 4 is 39.9 Å². The summed E-state index contributed by atoms with van der Waals surface area (Å²) in [6.07, 6.45) is 3.23. The van der Waals surface area contributed by atoms with Crippen molar-refractivity contribution in [2.45, 2.75) is 33.1 Å². The van der Waals surface area contributed by atoms with Gasteiger partial charge in [-0.2, -0.15) is 0 Å². The van der Waals surface area contributed by atoms with Crippen LogP contribution in [0.4, 0.5) is 11.6 Å². The second-order valence-corrected chi connectivity index (χ2v) is 10.5. The lowest BCUT2D eigenvalue weighted by Crippen LogP contribution is -2.10. The van der Waals surface area contributed by atoms with Crippen LogP contribution < -0.4 is 11.1 Å². The number of aryl methyl sites for hydroxylation is 1. The normalized spacial score (nSPS) is 11.7. The van der Waals surface area contributed by atoms with E-state index < -0.39 is 5.91 Å². The Morgan fingerprint density at radius 3 is 2.60 bits per heavy atom. The van der Waals surface area contributed by atoms with Crippen LogP contribution >= 0.6 is 11.3 Å². The van der Waals surface area contributed by atoms with Crippen LogP contribution in [0.3, 0.4) is 0 Å². The summed E-state index contributed by atoms with van der Waals surface area (Å²) < 4.78 is 1.97. The van der Waals surface area contributed by atoms with Crippen molar-refractivity contribution in [1.29, 1.82) is 0 Å². The van der Waals surface area contributed by atoms with E-state index in [1.165, 1.54) is 17.7 Å². The van der Waals surface area contributed by atoms with Gasteiger partial charge >= 0.3 is 0 Å². The van der Waals surface area contributed by atoms with Crippen LogP contribution in [-0.2, 0) is 5.41 Å². The minimum absolute atomic E-state index is 0.0821. The van der Waals surface area contributed by atoms with Gasteiger partial charge in [0.15, 0.2) is 0 Å². The predicted octanol–water partition coefficient (Wildman–Crippen LogP) is 5.99. The number of thiophene rings is 1. The van der Waals surface area contributed by atoms with E-state index in [2.05, 4.69) is 42.1 Å². The van der Waals surface area contributed by atoms with Gasteiger partial charge in [-0.25, -0.2) is 15.0 Å². The number of carbonyl (C=O) groups is 1. The van der Waals surface area contributed by atoms with Crippen LogP contribution in [0.5, 0.6) is 0 Å². The van der Waals surface area contributed by atoms with Gasteiger partial charge < -0.3 is 11.1 Å². The van der Waals surface area contributed by atoms with Gasteiger partial charge in [0.05, 0.1) is 15.9 Å². The summed E-state index contributed by atoms with van der Waals surface area (Å²) >= 11 is 1.46. The van der Waals surface area contributed by atoms with E-state index in [0.29, 0.717) is 16.6 Å². The molecule has 0 bridgehead atoms. The van der Waals surface area contributed by atoms with Crippen LogP contribution in [0.25, 0.3) is 28.0 Å². The molecular weight excluding hydrogens is 456 g/mol. The average molecular weight is 483 g/mol. The average Bonchev–Trinajstić information content (AvgIpc) is 3.43. The van der Waals surface area contributed by atoms with Gasteiger partial charge in [-0.1, -0.05) is 45.0 Å². The van der Waals surface area contributed by atoms with Gasteiger partial charge in [0.25, 0.3) is 5.91 Å². The van der Waals surface area contributed by atoms with Crippen molar-refractivity contribution < 1.29 is 4.79 Å². The SMILES string of the molecule is Cc1ccc(-c2cc(C(C)(C)C)sc2C(N)=O)cc1Nc1nc2ccccc2n1-c1ccncn1. The molecule has 3 N–H and O–H groups in total. The van der Waals surface area contributed by atoms with Crippen molar-refractivity contribution in [3.63, 3.8) is 0 Å². The minimum Gasteiger partial charge on any atom is -0.365 e. The second kappa shape index (κ2) is 8.63. The highest BCUT2D eigenvalue weighted by molar-refractivity contribution is 7.14. The van der Waals surface area contributed by atoms with Crippen molar-refractivity contribution in [3.8, 4) is 16.9 Å². The first-order valence-electron chi connectivity index (χ1n) is 11.3. The molecule has 0 fully saturated rings. The van der Waals surface area contributed by atoms with E-state index in [4.69, 9.17) is 10.7 Å². The highest BCUT2D eigenvalue weighted by atomic mass is 32.1. The second-order valence-electron chi connectivity index (χ2n) is 9.45. The fraction of sp³-hybridized carbons (Fsp3) is 0.185. The fourth-order valence-electron chi connectivity index (χ4n) is 3.96. The molecule has 3 heterocycles. The van der Waals surface area contributed by atoms with E-state index in [1.807, 2.05) is 60.0 Å². The summed E-state index contributed by atoms with van der Waals surface area (Å²) in [4.78, 5) is 27.3. The number of nitrogens with two attached hydrogens (primary N) is 1. The smallest absolute Gasteiger partial charge is 0.259 e. The Balaban J connectivity index is 1.62. The lowest BCUT2D eigenvalue weighted by molar-refractivity contribution is 0.100. The maximum absolute atomic E-state index is 12.3. The number of aromatic nitrogens is 4. The summed E-state index contributed by atoms with van der Waals surface area (Å²) in [5.41, 5.74) is 11.2. The molecule has 0 radical (unpaired) electrons. The molecule has 0 aliphatic rings. The third-order valence-corrected chi connectivity index (χ3v) is 7.42. The lowest BCUT2D eigenvalue weighted by atomic mass is 9.93. The molecule has 7 nitrogen and oxygen atoms in total. The first-order chi connectivity index (χ1) is 16.7. The largest absolute Gasteiger partial charge is 0.365 e. The number of nitrogens with zero attached hydrogens (tertiary/aromatic N) is 4. The predicted molar refractivity (Wildman–Crippen MR) is 142 cm³/mol. The number of primary amides is 1. The zero-order valence-corrected chi connectivity index (χ0v) is 20.9. The zero-order valence-electron chi connectivity index (χ0n) is 20.0. The standard InChI is InChI=1S/C27H26N6OS/c1-16-9-10-17(18-14-22(27(2,3)4)35-24(18)25(28)34)13-20(16)32-26-31-19-7-5-6-8-21(19)33(26)23-11-12-29-15-30-23/h5-15H,1-4H3,(H2,28,34)(H,31,32). The number of imidazole rings is 1. The summed E-state index contributed by atoms with van der Waals surface area (Å²) in [5.74, 6) is 0.941. The Morgan fingerprint density at radius 2 is 1.89 bits per heavy atom. The van der Waals surface area contributed by atoms with Crippen molar-refractivity contribution in [2.75, 3.05) is 5.32 Å². The van der Waals surface area contributed by atoms with Crippen molar-refractivity contribution in [2.24, 2.45) is 5.73 Å². The molecule has 3 aromatic heterocycles. The molecule has 35 heavy (non-hydrogen) atoms. The Hall–Kier alpha value is -4.04. The molecule has 0 saturated carbocycles. The highest BCUT2D eigenvalue weighted by Gasteiger charge is 2.23.